The highest BCUT2D eigenvalue weighted by molar-refractivity contribution is 5.81. The summed E-state index contributed by atoms with van der Waals surface area (Å²) in [5.74, 6) is 0.826. The number of hydrogen-bond donors (Lipinski definition) is 1. The number of ether oxygens (including phenoxy) is 1. The lowest BCUT2D eigenvalue weighted by Gasteiger charge is -2.21. The van der Waals surface area contributed by atoms with Gasteiger partial charge in [-0.05, 0) is 31.0 Å². The van der Waals surface area contributed by atoms with Crippen molar-refractivity contribution < 1.29 is 9.53 Å². The van der Waals surface area contributed by atoms with Gasteiger partial charge in [-0.15, -0.1) is 0 Å². The van der Waals surface area contributed by atoms with Gasteiger partial charge in [-0.1, -0.05) is 31.9 Å². The number of carbonyl (C=O) groups excluding carboxylic acids is 1. The molecule has 0 spiro atoms. The molecule has 20 heavy (non-hydrogen) atoms. The Morgan fingerprint density at radius 2 is 2.20 bits per heavy atom. The number of aryl methyl sites for hydroxylation is 1. The summed E-state index contributed by atoms with van der Waals surface area (Å²) < 4.78 is 5.63. The summed E-state index contributed by atoms with van der Waals surface area (Å²) in [6.07, 6.45) is 2.79. The summed E-state index contributed by atoms with van der Waals surface area (Å²) in [6.45, 7) is 5.14. The van der Waals surface area contributed by atoms with Crippen LogP contribution in [0.3, 0.4) is 0 Å². The molecule has 1 amide bonds. The highest BCUT2D eigenvalue weighted by atomic mass is 16.5. The molecule has 0 fully saturated rings. The van der Waals surface area contributed by atoms with E-state index in [1.807, 2.05) is 31.2 Å². The van der Waals surface area contributed by atoms with E-state index in [0.29, 0.717) is 13.2 Å². The standard InChI is InChI=1S/C16H26N2O2/c1-4-5-9-15(17)16(19)18(3)10-11-20-14-8-6-7-13(2)12-14/h6-8,12,15H,4-5,9-11,17H2,1-3H3/t15-/m0/s1. The molecule has 0 aliphatic rings. The molecular formula is C16H26N2O2. The fraction of sp³-hybridized carbons (Fsp3) is 0.562. The number of likely N-dealkylation sites (N-methyl/N-ethyl adjacent to an activating group) is 1. The van der Waals surface area contributed by atoms with Gasteiger partial charge in [0, 0.05) is 7.05 Å². The zero-order valence-electron chi connectivity index (χ0n) is 12.8. The molecule has 2 N–H and O–H groups in total. The Labute approximate surface area is 121 Å². The number of rotatable bonds is 8. The number of amides is 1. The van der Waals surface area contributed by atoms with Gasteiger partial charge in [-0.2, -0.15) is 0 Å². The Morgan fingerprint density at radius 3 is 2.85 bits per heavy atom. The van der Waals surface area contributed by atoms with E-state index in [1.165, 1.54) is 0 Å². The number of nitrogens with two attached hydrogens (primary N) is 1. The molecule has 1 aromatic carbocycles. The maximum atomic E-state index is 12.0. The predicted molar refractivity (Wildman–Crippen MR) is 81.8 cm³/mol. The highest BCUT2D eigenvalue weighted by Crippen LogP contribution is 2.12. The number of benzene rings is 1. The van der Waals surface area contributed by atoms with Gasteiger partial charge < -0.3 is 15.4 Å². The molecule has 1 atom stereocenters. The van der Waals surface area contributed by atoms with E-state index in [1.54, 1.807) is 11.9 Å². The van der Waals surface area contributed by atoms with Crippen molar-refractivity contribution in [3.8, 4) is 5.75 Å². The van der Waals surface area contributed by atoms with E-state index in [-0.39, 0.29) is 11.9 Å². The van der Waals surface area contributed by atoms with Crippen LogP contribution in [0.5, 0.6) is 5.75 Å². The van der Waals surface area contributed by atoms with E-state index in [4.69, 9.17) is 10.5 Å². The van der Waals surface area contributed by atoms with Crippen LogP contribution in [0.1, 0.15) is 31.7 Å². The predicted octanol–water partition coefficient (Wildman–Crippen LogP) is 2.35. The average molecular weight is 278 g/mol. The van der Waals surface area contributed by atoms with Crippen LogP contribution in [0.15, 0.2) is 24.3 Å². The van der Waals surface area contributed by atoms with Crippen LogP contribution in [-0.2, 0) is 4.79 Å². The van der Waals surface area contributed by atoms with E-state index in [9.17, 15) is 4.79 Å². The van der Waals surface area contributed by atoms with Crippen LogP contribution in [0.2, 0.25) is 0 Å². The summed E-state index contributed by atoms with van der Waals surface area (Å²) in [6, 6.07) is 7.49. The number of nitrogens with zero attached hydrogens (tertiary/aromatic N) is 1. The van der Waals surface area contributed by atoms with E-state index >= 15 is 0 Å². The first-order valence-electron chi connectivity index (χ1n) is 7.24. The van der Waals surface area contributed by atoms with Crippen LogP contribution in [0, 0.1) is 6.92 Å². The first kappa shape index (κ1) is 16.5. The molecule has 0 aliphatic carbocycles. The van der Waals surface area contributed by atoms with Crippen LogP contribution in [-0.4, -0.2) is 37.0 Å². The third kappa shape index (κ3) is 5.61. The van der Waals surface area contributed by atoms with Crippen molar-refractivity contribution in [2.24, 2.45) is 5.73 Å². The Balaban J connectivity index is 2.32. The third-order valence-corrected chi connectivity index (χ3v) is 3.25. The monoisotopic (exact) mass is 278 g/mol. The average Bonchev–Trinajstić information content (AvgIpc) is 2.43. The normalized spacial score (nSPS) is 12.0. The molecule has 0 aliphatic heterocycles. The minimum Gasteiger partial charge on any atom is -0.492 e. The van der Waals surface area contributed by atoms with Gasteiger partial charge in [0.25, 0.3) is 0 Å². The number of unbranched alkanes of at least 4 members (excludes halogenated alkanes) is 1. The SMILES string of the molecule is CCCC[C@H](N)C(=O)N(C)CCOc1cccc(C)c1. The molecule has 0 bridgehead atoms. The van der Waals surface area contributed by atoms with Crippen LogP contribution in [0.4, 0.5) is 0 Å². The topological polar surface area (TPSA) is 55.6 Å². The fourth-order valence-electron chi connectivity index (χ4n) is 1.95. The second-order valence-corrected chi connectivity index (χ2v) is 5.17. The van der Waals surface area contributed by atoms with Crippen molar-refractivity contribution >= 4 is 5.91 Å². The molecule has 4 heteroatoms. The van der Waals surface area contributed by atoms with E-state index in [0.717, 1.165) is 30.6 Å². The summed E-state index contributed by atoms with van der Waals surface area (Å²) in [4.78, 5) is 13.6. The molecule has 4 nitrogen and oxygen atoms in total. The fourth-order valence-corrected chi connectivity index (χ4v) is 1.95. The molecule has 0 heterocycles. The van der Waals surface area contributed by atoms with Gasteiger partial charge in [0.15, 0.2) is 0 Å². The van der Waals surface area contributed by atoms with E-state index < -0.39 is 0 Å². The van der Waals surface area contributed by atoms with Crippen LogP contribution < -0.4 is 10.5 Å². The molecule has 0 radical (unpaired) electrons. The van der Waals surface area contributed by atoms with Gasteiger partial charge in [0.05, 0.1) is 12.6 Å². The highest BCUT2D eigenvalue weighted by Gasteiger charge is 2.17. The van der Waals surface area contributed by atoms with Crippen LogP contribution >= 0.6 is 0 Å². The summed E-state index contributed by atoms with van der Waals surface area (Å²) in [7, 11) is 1.77. The molecule has 1 aromatic rings. The lowest BCUT2D eigenvalue weighted by Crippen LogP contribution is -2.43. The maximum Gasteiger partial charge on any atom is 0.239 e. The lowest BCUT2D eigenvalue weighted by atomic mass is 10.1. The molecular weight excluding hydrogens is 252 g/mol. The minimum atomic E-state index is -0.390. The Morgan fingerprint density at radius 1 is 1.45 bits per heavy atom. The van der Waals surface area contributed by atoms with Crippen molar-refractivity contribution in [2.75, 3.05) is 20.2 Å². The van der Waals surface area contributed by atoms with Gasteiger partial charge in [0.2, 0.25) is 5.91 Å². The van der Waals surface area contributed by atoms with Crippen molar-refractivity contribution in [1.29, 1.82) is 0 Å². The quantitative estimate of drug-likeness (QED) is 0.794. The molecule has 0 saturated carbocycles. The van der Waals surface area contributed by atoms with Gasteiger partial charge in [-0.3, -0.25) is 4.79 Å². The Hall–Kier alpha value is -1.55. The molecule has 1 rings (SSSR count). The second-order valence-electron chi connectivity index (χ2n) is 5.17. The molecule has 0 saturated heterocycles. The van der Waals surface area contributed by atoms with Crippen molar-refractivity contribution in [2.45, 2.75) is 39.2 Å². The molecule has 0 unspecified atom stereocenters. The second kappa shape index (κ2) is 8.59. The minimum absolute atomic E-state index is 0.00806. The lowest BCUT2D eigenvalue weighted by molar-refractivity contribution is -0.131. The van der Waals surface area contributed by atoms with E-state index in [2.05, 4.69) is 6.92 Å². The first-order valence-corrected chi connectivity index (χ1v) is 7.24. The van der Waals surface area contributed by atoms with Crippen molar-refractivity contribution in [3.05, 3.63) is 29.8 Å². The van der Waals surface area contributed by atoms with Gasteiger partial charge in [-0.25, -0.2) is 0 Å². The van der Waals surface area contributed by atoms with Crippen molar-refractivity contribution in [1.82, 2.24) is 4.90 Å². The Kier molecular flexibility index (Phi) is 7.09. The smallest absolute Gasteiger partial charge is 0.239 e. The van der Waals surface area contributed by atoms with Crippen molar-refractivity contribution in [3.63, 3.8) is 0 Å². The van der Waals surface area contributed by atoms with Gasteiger partial charge in [0.1, 0.15) is 12.4 Å². The first-order chi connectivity index (χ1) is 9.54. The largest absolute Gasteiger partial charge is 0.492 e. The number of carbonyl (C=O) groups is 1. The number of hydrogen-bond acceptors (Lipinski definition) is 3. The maximum absolute atomic E-state index is 12.0. The zero-order valence-corrected chi connectivity index (χ0v) is 12.8. The zero-order chi connectivity index (χ0) is 15.0. The molecule has 0 aromatic heterocycles. The van der Waals surface area contributed by atoms with Gasteiger partial charge >= 0.3 is 0 Å². The summed E-state index contributed by atoms with van der Waals surface area (Å²) in [5, 5.41) is 0. The third-order valence-electron chi connectivity index (χ3n) is 3.25. The summed E-state index contributed by atoms with van der Waals surface area (Å²) in [5.41, 5.74) is 7.04. The van der Waals surface area contributed by atoms with Crippen LogP contribution in [0.25, 0.3) is 0 Å². The summed E-state index contributed by atoms with van der Waals surface area (Å²) >= 11 is 0. The Bertz CT molecular complexity index is 421. The molecule has 112 valence electrons.